The van der Waals surface area contributed by atoms with Crippen molar-refractivity contribution in [2.24, 2.45) is 0 Å². The van der Waals surface area contributed by atoms with Crippen molar-refractivity contribution in [2.75, 3.05) is 29.9 Å². The molecule has 30 heavy (non-hydrogen) atoms. The summed E-state index contributed by atoms with van der Waals surface area (Å²) in [6, 6.07) is 13.2. The zero-order chi connectivity index (χ0) is 21.3. The number of anilines is 2. The standard InChI is InChI=1S/C23H24ClN3O3/c1-15-14-26(10-11-27(15)20-7-4-18(24)5-8-20)23(30)22(29)25-19-6-2-17-13-21(28)9-3-16(17)12-19/h2,4-8,12,15H,3,9-11,13-14H2,1H3,(H,25,29)/t15-/m1/s1. The van der Waals surface area contributed by atoms with Crippen molar-refractivity contribution in [3.8, 4) is 0 Å². The number of nitrogens with zero attached hydrogens (tertiary/aromatic N) is 2. The van der Waals surface area contributed by atoms with Gasteiger partial charge in [0.25, 0.3) is 0 Å². The molecule has 1 heterocycles. The fourth-order valence-corrected chi connectivity index (χ4v) is 4.30. The third-order valence-corrected chi connectivity index (χ3v) is 6.04. The van der Waals surface area contributed by atoms with Crippen molar-refractivity contribution in [3.05, 3.63) is 58.6 Å². The van der Waals surface area contributed by atoms with Gasteiger partial charge in [-0.25, -0.2) is 0 Å². The number of carbonyl (C=O) groups excluding carboxylic acids is 3. The number of hydrogen-bond donors (Lipinski definition) is 1. The maximum Gasteiger partial charge on any atom is 0.313 e. The van der Waals surface area contributed by atoms with Crippen LogP contribution in [0, 0.1) is 0 Å². The molecule has 6 nitrogen and oxygen atoms in total. The van der Waals surface area contributed by atoms with E-state index in [2.05, 4.69) is 10.2 Å². The van der Waals surface area contributed by atoms with E-state index in [1.807, 2.05) is 43.3 Å². The third kappa shape index (κ3) is 4.33. The molecule has 2 aromatic carbocycles. The summed E-state index contributed by atoms with van der Waals surface area (Å²) >= 11 is 5.97. The Kier molecular flexibility index (Phi) is 5.77. The molecule has 1 aliphatic heterocycles. The molecule has 1 fully saturated rings. The number of carbonyl (C=O) groups is 3. The van der Waals surface area contributed by atoms with Gasteiger partial charge in [-0.15, -0.1) is 0 Å². The molecule has 1 aliphatic carbocycles. The van der Waals surface area contributed by atoms with Crippen LogP contribution in [0.3, 0.4) is 0 Å². The lowest BCUT2D eigenvalue weighted by Crippen LogP contribution is -2.55. The monoisotopic (exact) mass is 425 g/mol. The van der Waals surface area contributed by atoms with Gasteiger partial charge in [-0.2, -0.15) is 0 Å². The second-order valence-electron chi connectivity index (χ2n) is 7.92. The highest BCUT2D eigenvalue weighted by Gasteiger charge is 2.30. The molecule has 156 valence electrons. The molecule has 0 aromatic heterocycles. The molecule has 2 aliphatic rings. The number of benzene rings is 2. The Balaban J connectivity index is 1.37. The summed E-state index contributed by atoms with van der Waals surface area (Å²) in [6.07, 6.45) is 1.65. The summed E-state index contributed by atoms with van der Waals surface area (Å²) in [7, 11) is 0. The molecule has 1 atom stereocenters. The smallest absolute Gasteiger partial charge is 0.313 e. The number of amides is 2. The first-order chi connectivity index (χ1) is 14.4. The summed E-state index contributed by atoms with van der Waals surface area (Å²) in [5, 5.41) is 3.41. The van der Waals surface area contributed by atoms with E-state index in [1.165, 1.54) is 0 Å². The van der Waals surface area contributed by atoms with Crippen LogP contribution in [0.1, 0.15) is 24.5 Å². The fourth-order valence-electron chi connectivity index (χ4n) is 4.17. The molecule has 2 aromatic rings. The van der Waals surface area contributed by atoms with Crippen LogP contribution in [0.4, 0.5) is 11.4 Å². The number of halogens is 1. The summed E-state index contributed by atoms with van der Waals surface area (Å²) in [4.78, 5) is 40.6. The number of piperazine rings is 1. The Hall–Kier alpha value is -2.86. The quantitative estimate of drug-likeness (QED) is 0.751. The lowest BCUT2D eigenvalue weighted by molar-refractivity contribution is -0.143. The molecular weight excluding hydrogens is 402 g/mol. The van der Waals surface area contributed by atoms with Gasteiger partial charge < -0.3 is 15.1 Å². The van der Waals surface area contributed by atoms with Gasteiger partial charge in [-0.05, 0) is 60.9 Å². The van der Waals surface area contributed by atoms with Gasteiger partial charge in [-0.1, -0.05) is 17.7 Å². The minimum Gasteiger partial charge on any atom is -0.365 e. The molecular formula is C23H24ClN3O3. The molecule has 0 unspecified atom stereocenters. The first-order valence-electron chi connectivity index (χ1n) is 10.2. The number of nitrogens with one attached hydrogen (secondary N) is 1. The van der Waals surface area contributed by atoms with E-state index < -0.39 is 11.8 Å². The average Bonchev–Trinajstić information content (AvgIpc) is 2.74. The largest absolute Gasteiger partial charge is 0.365 e. The zero-order valence-corrected chi connectivity index (χ0v) is 17.6. The number of hydrogen-bond acceptors (Lipinski definition) is 4. The van der Waals surface area contributed by atoms with Gasteiger partial charge in [0.1, 0.15) is 5.78 Å². The zero-order valence-electron chi connectivity index (χ0n) is 16.9. The second-order valence-corrected chi connectivity index (χ2v) is 8.36. The van der Waals surface area contributed by atoms with Gasteiger partial charge in [-0.3, -0.25) is 14.4 Å². The van der Waals surface area contributed by atoms with Crippen molar-refractivity contribution in [3.63, 3.8) is 0 Å². The van der Waals surface area contributed by atoms with E-state index >= 15 is 0 Å². The van der Waals surface area contributed by atoms with Crippen LogP contribution in [-0.2, 0) is 27.2 Å². The Bertz CT molecular complexity index is 990. The predicted molar refractivity (Wildman–Crippen MR) is 117 cm³/mol. The number of ketones is 1. The summed E-state index contributed by atoms with van der Waals surface area (Å²) in [5.41, 5.74) is 3.71. The first kappa shape index (κ1) is 20.4. The molecule has 4 rings (SSSR count). The van der Waals surface area contributed by atoms with Crippen molar-refractivity contribution < 1.29 is 14.4 Å². The van der Waals surface area contributed by atoms with Crippen molar-refractivity contribution in [1.29, 1.82) is 0 Å². The Morgan fingerprint density at radius 2 is 1.80 bits per heavy atom. The van der Waals surface area contributed by atoms with Crippen LogP contribution in [0.5, 0.6) is 0 Å². The molecule has 0 saturated carbocycles. The Morgan fingerprint density at radius 3 is 2.53 bits per heavy atom. The van der Waals surface area contributed by atoms with Crippen LogP contribution in [0.15, 0.2) is 42.5 Å². The minimum absolute atomic E-state index is 0.0814. The topological polar surface area (TPSA) is 69.7 Å². The lowest BCUT2D eigenvalue weighted by Gasteiger charge is -2.41. The van der Waals surface area contributed by atoms with Crippen molar-refractivity contribution in [1.82, 2.24) is 4.90 Å². The van der Waals surface area contributed by atoms with Gasteiger partial charge in [0.05, 0.1) is 0 Å². The molecule has 1 saturated heterocycles. The van der Waals surface area contributed by atoms with E-state index in [1.54, 1.807) is 11.0 Å². The lowest BCUT2D eigenvalue weighted by atomic mass is 9.90. The highest BCUT2D eigenvalue weighted by Crippen LogP contribution is 2.24. The molecule has 7 heteroatoms. The number of rotatable bonds is 2. The summed E-state index contributed by atoms with van der Waals surface area (Å²) in [6.45, 7) is 3.64. The van der Waals surface area contributed by atoms with Gasteiger partial charge >= 0.3 is 11.8 Å². The second kappa shape index (κ2) is 8.48. The van der Waals surface area contributed by atoms with Crippen LogP contribution in [0.2, 0.25) is 5.02 Å². The number of fused-ring (bicyclic) bond motifs is 1. The third-order valence-electron chi connectivity index (χ3n) is 5.79. The van der Waals surface area contributed by atoms with E-state index in [4.69, 9.17) is 11.6 Å². The van der Waals surface area contributed by atoms with Crippen molar-refractivity contribution in [2.45, 2.75) is 32.2 Å². The minimum atomic E-state index is -0.631. The maximum atomic E-state index is 12.7. The summed E-state index contributed by atoms with van der Waals surface area (Å²) in [5.74, 6) is -0.916. The van der Waals surface area contributed by atoms with Crippen molar-refractivity contribution >= 4 is 40.6 Å². The fraction of sp³-hybridized carbons (Fsp3) is 0.348. The summed E-state index contributed by atoms with van der Waals surface area (Å²) < 4.78 is 0. The molecule has 2 amide bonds. The average molecular weight is 426 g/mol. The van der Waals surface area contributed by atoms with Gasteiger partial charge in [0.15, 0.2) is 0 Å². The van der Waals surface area contributed by atoms with E-state index in [-0.39, 0.29) is 11.8 Å². The normalized spacial score (nSPS) is 18.7. The van der Waals surface area contributed by atoms with Crippen LogP contribution in [-0.4, -0.2) is 48.2 Å². The molecule has 0 spiro atoms. The maximum absolute atomic E-state index is 12.7. The SMILES string of the molecule is C[C@@H]1CN(C(=O)C(=O)Nc2ccc3c(c2)CCC(=O)C3)CCN1c1ccc(Cl)cc1. The molecule has 0 bridgehead atoms. The predicted octanol–water partition coefficient (Wildman–Crippen LogP) is 3.07. The van der Waals surface area contributed by atoms with Gasteiger partial charge in [0.2, 0.25) is 0 Å². The Labute approximate surface area is 180 Å². The Morgan fingerprint density at radius 1 is 1.03 bits per heavy atom. The van der Waals surface area contributed by atoms with E-state index in [0.29, 0.717) is 49.6 Å². The first-order valence-corrected chi connectivity index (χ1v) is 10.5. The number of aryl methyl sites for hydroxylation is 1. The van der Waals surface area contributed by atoms with E-state index in [9.17, 15) is 14.4 Å². The highest BCUT2D eigenvalue weighted by molar-refractivity contribution is 6.39. The molecule has 1 N–H and O–H groups in total. The highest BCUT2D eigenvalue weighted by atomic mass is 35.5. The van der Waals surface area contributed by atoms with Crippen LogP contribution in [0.25, 0.3) is 0 Å². The van der Waals surface area contributed by atoms with Crippen LogP contribution >= 0.6 is 11.6 Å². The van der Waals surface area contributed by atoms with Crippen LogP contribution < -0.4 is 10.2 Å². The van der Waals surface area contributed by atoms with E-state index in [0.717, 1.165) is 16.8 Å². The molecule has 0 radical (unpaired) electrons. The number of Topliss-reactive ketones (excluding diaryl/α,β-unsaturated/α-hetero) is 1. The van der Waals surface area contributed by atoms with Gasteiger partial charge in [0, 0.05) is 54.9 Å².